The third-order valence-electron chi connectivity index (χ3n) is 6.93. The van der Waals surface area contributed by atoms with Crippen LogP contribution in [0.2, 0.25) is 0 Å². The quantitative estimate of drug-likeness (QED) is 0.635. The Morgan fingerprint density at radius 1 is 1.24 bits per heavy atom. The Balaban J connectivity index is 1.33. The third kappa shape index (κ3) is 5.57. The van der Waals surface area contributed by atoms with E-state index in [0.29, 0.717) is 25.9 Å². The minimum Gasteiger partial charge on any atom is -0.467 e. The smallest absolute Gasteiger partial charge is 0.239 e. The SMILES string of the molecule is CN(C)c1ccc(CN2CC[C@H]3[C@H]2C(=O)NC[C@H](CCC(=O)NCc2ccco2)N3C)cc1. The summed E-state index contributed by atoms with van der Waals surface area (Å²) in [5, 5.41) is 6.04. The Kier molecular flexibility index (Phi) is 7.35. The molecule has 4 rings (SSSR count). The Morgan fingerprint density at radius 2 is 2.03 bits per heavy atom. The van der Waals surface area contributed by atoms with Crippen molar-refractivity contribution in [3.63, 3.8) is 0 Å². The number of hydrogen-bond donors (Lipinski definition) is 2. The summed E-state index contributed by atoms with van der Waals surface area (Å²) < 4.78 is 5.26. The number of hydrogen-bond acceptors (Lipinski definition) is 6. The van der Waals surface area contributed by atoms with Gasteiger partial charge in [-0.05, 0) is 49.7 Å². The molecule has 33 heavy (non-hydrogen) atoms. The van der Waals surface area contributed by atoms with E-state index in [0.717, 1.165) is 25.3 Å². The molecule has 3 atom stereocenters. The maximum Gasteiger partial charge on any atom is 0.239 e. The summed E-state index contributed by atoms with van der Waals surface area (Å²) in [5.41, 5.74) is 2.38. The number of benzene rings is 1. The van der Waals surface area contributed by atoms with Gasteiger partial charge in [-0.1, -0.05) is 12.1 Å². The molecule has 0 unspecified atom stereocenters. The molecule has 0 saturated carbocycles. The first-order valence-corrected chi connectivity index (χ1v) is 11.7. The van der Waals surface area contributed by atoms with Gasteiger partial charge >= 0.3 is 0 Å². The highest BCUT2D eigenvalue weighted by Gasteiger charge is 2.44. The lowest BCUT2D eigenvalue weighted by Crippen LogP contribution is -2.49. The van der Waals surface area contributed by atoms with Crippen molar-refractivity contribution in [3.05, 3.63) is 54.0 Å². The van der Waals surface area contributed by atoms with Crippen LogP contribution in [0.25, 0.3) is 0 Å². The van der Waals surface area contributed by atoms with Gasteiger partial charge in [0.2, 0.25) is 11.8 Å². The van der Waals surface area contributed by atoms with Crippen LogP contribution in [0.3, 0.4) is 0 Å². The molecule has 0 bridgehead atoms. The molecule has 8 nitrogen and oxygen atoms in total. The highest BCUT2D eigenvalue weighted by molar-refractivity contribution is 5.83. The lowest BCUT2D eigenvalue weighted by molar-refractivity contribution is -0.126. The Bertz CT molecular complexity index is 928. The normalized spacial score (nSPS) is 23.6. The fraction of sp³-hybridized carbons (Fsp3) is 0.520. The second kappa shape index (κ2) is 10.4. The van der Waals surface area contributed by atoms with E-state index in [1.54, 1.807) is 6.26 Å². The standard InChI is InChI=1S/C25H35N5O3/c1-28(2)19-8-6-18(7-9-19)17-30-13-12-22-24(30)25(32)27-15-20(29(22)3)10-11-23(31)26-16-21-5-4-14-33-21/h4-9,14,20,22,24H,10-13,15-17H2,1-3H3,(H,26,31)(H,27,32)/t20-,22-,24-/m0/s1. The average Bonchev–Trinajstić information content (AvgIpc) is 3.45. The predicted molar refractivity (Wildman–Crippen MR) is 128 cm³/mol. The van der Waals surface area contributed by atoms with Crippen LogP contribution in [0, 0.1) is 0 Å². The monoisotopic (exact) mass is 453 g/mol. The molecular weight excluding hydrogens is 418 g/mol. The number of nitrogens with zero attached hydrogens (tertiary/aromatic N) is 3. The summed E-state index contributed by atoms with van der Waals surface area (Å²) in [4.78, 5) is 32.0. The van der Waals surface area contributed by atoms with Crippen LogP contribution in [-0.4, -0.2) is 74.0 Å². The summed E-state index contributed by atoms with van der Waals surface area (Å²) in [7, 11) is 6.16. The van der Waals surface area contributed by atoms with Gasteiger partial charge in [0.15, 0.2) is 0 Å². The van der Waals surface area contributed by atoms with E-state index in [2.05, 4.69) is 56.6 Å². The van der Waals surface area contributed by atoms with Crippen LogP contribution in [0.4, 0.5) is 5.69 Å². The first-order valence-electron chi connectivity index (χ1n) is 11.7. The second-order valence-electron chi connectivity index (χ2n) is 9.29. The molecule has 2 aliphatic rings. The lowest BCUT2D eigenvalue weighted by atomic mass is 10.0. The van der Waals surface area contributed by atoms with Crippen molar-refractivity contribution >= 4 is 17.5 Å². The molecule has 178 valence electrons. The highest BCUT2D eigenvalue weighted by Crippen LogP contribution is 2.29. The van der Waals surface area contributed by atoms with Gasteiger partial charge in [-0.2, -0.15) is 0 Å². The zero-order chi connectivity index (χ0) is 23.4. The van der Waals surface area contributed by atoms with Gasteiger partial charge in [0.05, 0.1) is 12.8 Å². The van der Waals surface area contributed by atoms with Crippen LogP contribution in [0.1, 0.15) is 30.6 Å². The van der Waals surface area contributed by atoms with Crippen molar-refractivity contribution in [1.82, 2.24) is 20.4 Å². The van der Waals surface area contributed by atoms with E-state index in [-0.39, 0.29) is 29.9 Å². The number of carbonyl (C=O) groups excluding carboxylic acids is 2. The van der Waals surface area contributed by atoms with Crippen molar-refractivity contribution in [2.24, 2.45) is 0 Å². The van der Waals surface area contributed by atoms with Crippen molar-refractivity contribution < 1.29 is 14.0 Å². The van der Waals surface area contributed by atoms with Crippen LogP contribution < -0.4 is 15.5 Å². The molecule has 2 amide bonds. The minimum absolute atomic E-state index is 0.00106. The maximum absolute atomic E-state index is 13.0. The first-order chi connectivity index (χ1) is 15.9. The molecule has 0 radical (unpaired) electrons. The van der Waals surface area contributed by atoms with E-state index in [4.69, 9.17) is 4.42 Å². The molecule has 3 heterocycles. The molecular formula is C25H35N5O3. The van der Waals surface area contributed by atoms with Crippen molar-refractivity contribution in [2.45, 2.75) is 50.5 Å². The number of amides is 2. The summed E-state index contributed by atoms with van der Waals surface area (Å²) >= 11 is 0. The molecule has 1 aromatic carbocycles. The van der Waals surface area contributed by atoms with Gasteiger partial charge in [-0.15, -0.1) is 0 Å². The summed E-state index contributed by atoms with van der Waals surface area (Å²) in [6, 6.07) is 12.3. The number of likely N-dealkylation sites (tertiary alicyclic amines) is 1. The molecule has 2 N–H and O–H groups in total. The van der Waals surface area contributed by atoms with Gasteiger partial charge in [0.1, 0.15) is 11.8 Å². The van der Waals surface area contributed by atoms with Gasteiger partial charge in [0, 0.05) is 57.9 Å². The van der Waals surface area contributed by atoms with E-state index in [1.807, 2.05) is 26.2 Å². The molecule has 2 aromatic rings. The van der Waals surface area contributed by atoms with Gasteiger partial charge in [-0.25, -0.2) is 0 Å². The largest absolute Gasteiger partial charge is 0.467 e. The fourth-order valence-electron chi connectivity index (χ4n) is 4.95. The Morgan fingerprint density at radius 3 is 2.73 bits per heavy atom. The van der Waals surface area contributed by atoms with Gasteiger partial charge < -0.3 is 20.0 Å². The van der Waals surface area contributed by atoms with Gasteiger partial charge in [-0.3, -0.25) is 19.4 Å². The number of fused-ring (bicyclic) bond motifs is 1. The van der Waals surface area contributed by atoms with Crippen molar-refractivity contribution in [1.29, 1.82) is 0 Å². The van der Waals surface area contributed by atoms with Crippen LogP contribution >= 0.6 is 0 Å². The average molecular weight is 454 g/mol. The van der Waals surface area contributed by atoms with E-state index in [9.17, 15) is 9.59 Å². The third-order valence-corrected chi connectivity index (χ3v) is 6.93. The minimum atomic E-state index is -0.165. The number of likely N-dealkylation sites (N-methyl/N-ethyl adjacent to an activating group) is 1. The number of rotatable bonds is 8. The molecule has 8 heteroatoms. The number of nitrogens with one attached hydrogen (secondary N) is 2. The lowest BCUT2D eigenvalue weighted by Gasteiger charge is -2.33. The maximum atomic E-state index is 13.0. The molecule has 2 fully saturated rings. The molecule has 2 saturated heterocycles. The number of anilines is 1. The first kappa shape index (κ1) is 23.3. The zero-order valence-corrected chi connectivity index (χ0v) is 19.8. The second-order valence-corrected chi connectivity index (χ2v) is 9.29. The van der Waals surface area contributed by atoms with E-state index >= 15 is 0 Å². The molecule has 1 aromatic heterocycles. The van der Waals surface area contributed by atoms with Crippen molar-refractivity contribution in [3.8, 4) is 0 Å². The topological polar surface area (TPSA) is 81.1 Å². The number of carbonyl (C=O) groups is 2. The Labute approximate surface area is 195 Å². The summed E-state index contributed by atoms with van der Waals surface area (Å²) in [6.07, 6.45) is 3.68. The molecule has 0 spiro atoms. The predicted octanol–water partition coefficient (Wildman–Crippen LogP) is 1.82. The van der Waals surface area contributed by atoms with E-state index < -0.39 is 0 Å². The zero-order valence-electron chi connectivity index (χ0n) is 19.8. The van der Waals surface area contributed by atoms with E-state index in [1.165, 1.54) is 11.3 Å². The van der Waals surface area contributed by atoms with Crippen LogP contribution in [0.15, 0.2) is 47.1 Å². The molecule has 2 aliphatic heterocycles. The highest BCUT2D eigenvalue weighted by atomic mass is 16.3. The number of furan rings is 1. The molecule has 0 aliphatic carbocycles. The fourth-order valence-corrected chi connectivity index (χ4v) is 4.95. The van der Waals surface area contributed by atoms with Crippen LogP contribution in [0.5, 0.6) is 0 Å². The van der Waals surface area contributed by atoms with Crippen molar-refractivity contribution in [2.75, 3.05) is 39.1 Å². The Hall–Kier alpha value is -2.84. The summed E-state index contributed by atoms with van der Waals surface area (Å²) in [6.45, 7) is 2.62. The van der Waals surface area contributed by atoms with Crippen LogP contribution in [-0.2, 0) is 22.7 Å². The summed E-state index contributed by atoms with van der Waals surface area (Å²) in [5.74, 6) is 0.840. The van der Waals surface area contributed by atoms with Gasteiger partial charge in [0.25, 0.3) is 0 Å².